The predicted octanol–water partition coefficient (Wildman–Crippen LogP) is 1.52. The summed E-state index contributed by atoms with van der Waals surface area (Å²) in [6.45, 7) is 5.15. The highest BCUT2D eigenvalue weighted by Crippen LogP contribution is 2.19. The Kier molecular flexibility index (Phi) is 7.48. The van der Waals surface area contributed by atoms with Gasteiger partial charge >= 0.3 is 0 Å². The molecule has 3 amide bonds. The van der Waals surface area contributed by atoms with Crippen LogP contribution in [0.5, 0.6) is 0 Å². The van der Waals surface area contributed by atoms with Crippen LogP contribution in [0.3, 0.4) is 0 Å². The van der Waals surface area contributed by atoms with E-state index < -0.39 is 0 Å². The summed E-state index contributed by atoms with van der Waals surface area (Å²) >= 11 is 0. The number of nitrogens with zero attached hydrogens (tertiary/aromatic N) is 3. The smallest absolute Gasteiger partial charge is 0.251 e. The van der Waals surface area contributed by atoms with Crippen LogP contribution in [0.15, 0.2) is 24.3 Å². The molecule has 30 heavy (non-hydrogen) atoms. The van der Waals surface area contributed by atoms with Crippen LogP contribution >= 0.6 is 0 Å². The number of carbonyl (C=O) groups is 3. The van der Waals surface area contributed by atoms with E-state index in [0.717, 1.165) is 37.8 Å². The maximum absolute atomic E-state index is 12.8. The van der Waals surface area contributed by atoms with Crippen LogP contribution < -0.4 is 5.32 Å². The number of nitrogens with one attached hydrogen (secondary N) is 1. The van der Waals surface area contributed by atoms with Gasteiger partial charge in [-0.3, -0.25) is 19.3 Å². The van der Waals surface area contributed by atoms with Crippen LogP contribution in [0.4, 0.5) is 0 Å². The number of piperidine rings is 2. The maximum atomic E-state index is 12.8. The lowest BCUT2D eigenvalue weighted by Gasteiger charge is -2.36. The van der Waals surface area contributed by atoms with Crippen LogP contribution in [-0.4, -0.2) is 85.3 Å². The van der Waals surface area contributed by atoms with Gasteiger partial charge in [-0.1, -0.05) is 18.2 Å². The Labute approximate surface area is 179 Å². The zero-order valence-corrected chi connectivity index (χ0v) is 18.4. The lowest BCUT2D eigenvalue weighted by atomic mass is 9.96. The number of benzene rings is 1. The summed E-state index contributed by atoms with van der Waals surface area (Å²) in [5.74, 6) is 0.223. The van der Waals surface area contributed by atoms with Crippen molar-refractivity contribution in [2.45, 2.75) is 38.6 Å². The highest BCUT2D eigenvalue weighted by molar-refractivity contribution is 5.95. The first-order chi connectivity index (χ1) is 14.3. The fourth-order valence-corrected chi connectivity index (χ4v) is 4.42. The molecule has 2 aliphatic rings. The Balaban J connectivity index is 1.44. The van der Waals surface area contributed by atoms with Crippen molar-refractivity contribution < 1.29 is 14.4 Å². The molecule has 2 saturated heterocycles. The summed E-state index contributed by atoms with van der Waals surface area (Å²) in [6, 6.07) is 7.68. The van der Waals surface area contributed by atoms with Gasteiger partial charge in [-0.2, -0.15) is 0 Å². The standard InChI is InChI=1S/C23H34N4O3/c1-17-7-4-5-9-20(17)22(29)24-19-10-13-27(14-11-19)21(28)16-26-12-6-8-18(15-26)23(30)25(2)3/h4-5,7,9,18-19H,6,8,10-16H2,1-3H3,(H,24,29). The number of amides is 3. The number of likely N-dealkylation sites (tertiary alicyclic amines) is 2. The molecule has 0 aromatic heterocycles. The van der Waals surface area contributed by atoms with Crippen molar-refractivity contribution in [2.75, 3.05) is 46.8 Å². The number of aryl methyl sites for hydroxylation is 1. The van der Waals surface area contributed by atoms with Crippen molar-refractivity contribution in [1.29, 1.82) is 0 Å². The van der Waals surface area contributed by atoms with Crippen LogP contribution in [0, 0.1) is 12.8 Å². The molecule has 2 fully saturated rings. The normalized spacial score (nSPS) is 20.6. The fourth-order valence-electron chi connectivity index (χ4n) is 4.42. The number of rotatable bonds is 5. The second-order valence-corrected chi connectivity index (χ2v) is 8.75. The lowest BCUT2D eigenvalue weighted by molar-refractivity contribution is -0.138. The Morgan fingerprint density at radius 3 is 2.43 bits per heavy atom. The summed E-state index contributed by atoms with van der Waals surface area (Å²) in [4.78, 5) is 43.2. The summed E-state index contributed by atoms with van der Waals surface area (Å²) in [6.07, 6.45) is 3.38. The minimum atomic E-state index is -0.0391. The molecule has 7 nitrogen and oxygen atoms in total. The molecular weight excluding hydrogens is 380 g/mol. The third-order valence-corrected chi connectivity index (χ3v) is 6.23. The minimum Gasteiger partial charge on any atom is -0.349 e. The average Bonchev–Trinajstić information content (AvgIpc) is 2.74. The average molecular weight is 415 g/mol. The zero-order valence-electron chi connectivity index (χ0n) is 18.4. The molecule has 0 saturated carbocycles. The van der Waals surface area contributed by atoms with Crippen molar-refractivity contribution in [3.63, 3.8) is 0 Å². The van der Waals surface area contributed by atoms with Gasteiger partial charge in [-0.15, -0.1) is 0 Å². The first-order valence-corrected chi connectivity index (χ1v) is 10.9. The van der Waals surface area contributed by atoms with E-state index in [4.69, 9.17) is 0 Å². The van der Waals surface area contributed by atoms with Crippen molar-refractivity contribution in [2.24, 2.45) is 5.92 Å². The molecule has 0 aliphatic carbocycles. The van der Waals surface area contributed by atoms with E-state index in [-0.39, 0.29) is 29.7 Å². The van der Waals surface area contributed by atoms with E-state index in [1.54, 1.807) is 19.0 Å². The van der Waals surface area contributed by atoms with Crippen LogP contribution in [0.2, 0.25) is 0 Å². The van der Waals surface area contributed by atoms with E-state index in [1.165, 1.54) is 0 Å². The highest BCUT2D eigenvalue weighted by atomic mass is 16.2. The fraction of sp³-hybridized carbons (Fsp3) is 0.609. The Morgan fingerprint density at radius 2 is 1.77 bits per heavy atom. The van der Waals surface area contributed by atoms with Gasteiger partial charge in [0, 0.05) is 45.3 Å². The maximum Gasteiger partial charge on any atom is 0.251 e. The van der Waals surface area contributed by atoms with Gasteiger partial charge in [0.1, 0.15) is 0 Å². The molecule has 3 rings (SSSR count). The minimum absolute atomic E-state index is 0.0102. The monoisotopic (exact) mass is 414 g/mol. The van der Waals surface area contributed by atoms with E-state index >= 15 is 0 Å². The van der Waals surface area contributed by atoms with Gasteiger partial charge in [-0.25, -0.2) is 0 Å². The zero-order chi connectivity index (χ0) is 21.7. The quantitative estimate of drug-likeness (QED) is 0.793. The van der Waals surface area contributed by atoms with Crippen molar-refractivity contribution in [3.8, 4) is 0 Å². The first-order valence-electron chi connectivity index (χ1n) is 10.9. The molecule has 1 atom stereocenters. The van der Waals surface area contributed by atoms with Gasteiger partial charge < -0.3 is 15.1 Å². The topological polar surface area (TPSA) is 73.0 Å². The largest absolute Gasteiger partial charge is 0.349 e. The molecule has 1 aromatic carbocycles. The van der Waals surface area contributed by atoms with Gasteiger partial charge in [0.15, 0.2) is 0 Å². The second-order valence-electron chi connectivity index (χ2n) is 8.75. The van der Waals surface area contributed by atoms with Gasteiger partial charge in [0.25, 0.3) is 5.91 Å². The highest BCUT2D eigenvalue weighted by Gasteiger charge is 2.30. The van der Waals surface area contributed by atoms with Crippen molar-refractivity contribution in [3.05, 3.63) is 35.4 Å². The predicted molar refractivity (Wildman–Crippen MR) is 116 cm³/mol. The van der Waals surface area contributed by atoms with Crippen LogP contribution in [0.25, 0.3) is 0 Å². The molecule has 0 bridgehead atoms. The van der Waals surface area contributed by atoms with Crippen LogP contribution in [0.1, 0.15) is 41.6 Å². The molecule has 2 heterocycles. The lowest BCUT2D eigenvalue weighted by Crippen LogP contribution is -2.51. The molecular formula is C23H34N4O3. The second kappa shape index (κ2) is 10.1. The van der Waals surface area contributed by atoms with E-state index in [2.05, 4.69) is 10.2 Å². The van der Waals surface area contributed by atoms with E-state index in [9.17, 15) is 14.4 Å². The third kappa shape index (κ3) is 5.59. The molecule has 0 spiro atoms. The van der Waals surface area contributed by atoms with Gasteiger partial charge in [0.05, 0.1) is 12.5 Å². The van der Waals surface area contributed by atoms with Crippen molar-refractivity contribution in [1.82, 2.24) is 20.0 Å². The molecule has 1 unspecified atom stereocenters. The molecule has 1 aromatic rings. The third-order valence-electron chi connectivity index (χ3n) is 6.23. The summed E-state index contributed by atoms with van der Waals surface area (Å²) in [7, 11) is 3.57. The van der Waals surface area contributed by atoms with E-state index in [0.29, 0.717) is 31.7 Å². The Hall–Kier alpha value is -2.41. The number of carbonyl (C=O) groups excluding carboxylic acids is 3. The van der Waals surface area contributed by atoms with Gasteiger partial charge in [-0.05, 0) is 50.8 Å². The molecule has 7 heteroatoms. The molecule has 0 radical (unpaired) electrons. The Bertz CT molecular complexity index is 771. The summed E-state index contributed by atoms with van der Waals surface area (Å²) in [5, 5.41) is 3.12. The van der Waals surface area contributed by atoms with Crippen molar-refractivity contribution >= 4 is 17.7 Å². The molecule has 2 aliphatic heterocycles. The SMILES string of the molecule is Cc1ccccc1C(=O)NC1CCN(C(=O)CN2CCCC(C(=O)N(C)C)C2)CC1. The first kappa shape index (κ1) is 22.3. The molecule has 1 N–H and O–H groups in total. The summed E-state index contributed by atoms with van der Waals surface area (Å²) in [5.41, 5.74) is 1.68. The number of hydrogen-bond acceptors (Lipinski definition) is 4. The summed E-state index contributed by atoms with van der Waals surface area (Å²) < 4.78 is 0. The van der Waals surface area contributed by atoms with Gasteiger partial charge in [0.2, 0.25) is 11.8 Å². The van der Waals surface area contributed by atoms with Crippen LogP contribution in [-0.2, 0) is 9.59 Å². The number of hydrogen-bond donors (Lipinski definition) is 1. The van der Waals surface area contributed by atoms with E-state index in [1.807, 2.05) is 36.1 Å². The molecule has 164 valence electrons. The Morgan fingerprint density at radius 1 is 1.07 bits per heavy atom.